The maximum absolute atomic E-state index is 9.86. The molecule has 1 fully saturated rings. The Bertz CT molecular complexity index is 399. The number of nitrogens with one attached hydrogen (secondary N) is 1. The van der Waals surface area contributed by atoms with Crippen LogP contribution in [0.2, 0.25) is 5.02 Å². The van der Waals surface area contributed by atoms with Crippen molar-refractivity contribution in [3.05, 3.63) is 28.8 Å². The minimum atomic E-state index is 0.212. The highest BCUT2D eigenvalue weighted by Gasteiger charge is 2.26. The van der Waals surface area contributed by atoms with Crippen LogP contribution in [0, 0.1) is 0 Å². The smallest absolute Gasteiger partial charge is 0.138 e. The third kappa shape index (κ3) is 3.34. The molecule has 0 aliphatic heterocycles. The summed E-state index contributed by atoms with van der Waals surface area (Å²) >= 11 is 7.94. The number of phenols is 1. The van der Waals surface area contributed by atoms with Gasteiger partial charge in [0.15, 0.2) is 0 Å². The molecule has 4 heteroatoms. The van der Waals surface area contributed by atoms with Gasteiger partial charge in [-0.2, -0.15) is 11.8 Å². The van der Waals surface area contributed by atoms with Crippen molar-refractivity contribution in [3.8, 4) is 5.75 Å². The molecule has 18 heavy (non-hydrogen) atoms. The van der Waals surface area contributed by atoms with Crippen molar-refractivity contribution >= 4 is 23.4 Å². The Morgan fingerprint density at radius 2 is 2.28 bits per heavy atom. The monoisotopic (exact) mass is 285 g/mol. The zero-order valence-electron chi connectivity index (χ0n) is 10.7. The van der Waals surface area contributed by atoms with Gasteiger partial charge in [-0.3, -0.25) is 0 Å². The van der Waals surface area contributed by atoms with Gasteiger partial charge in [-0.1, -0.05) is 37.1 Å². The van der Waals surface area contributed by atoms with Crippen LogP contribution in [-0.2, 0) is 6.54 Å². The largest absolute Gasteiger partial charge is 0.506 e. The van der Waals surface area contributed by atoms with Crippen LogP contribution >= 0.6 is 23.4 Å². The average molecular weight is 286 g/mol. The highest BCUT2D eigenvalue weighted by Crippen LogP contribution is 2.31. The van der Waals surface area contributed by atoms with Gasteiger partial charge < -0.3 is 10.4 Å². The number of halogens is 1. The van der Waals surface area contributed by atoms with Crippen LogP contribution in [0.4, 0.5) is 0 Å². The van der Waals surface area contributed by atoms with Gasteiger partial charge in [0.1, 0.15) is 5.75 Å². The van der Waals surface area contributed by atoms with E-state index in [1.807, 2.05) is 23.9 Å². The van der Waals surface area contributed by atoms with Gasteiger partial charge in [-0.15, -0.1) is 0 Å². The number of para-hydroxylation sites is 1. The molecule has 2 rings (SSSR count). The molecule has 0 bridgehead atoms. The second kappa shape index (κ2) is 6.69. The molecule has 0 aromatic heterocycles. The molecule has 0 radical (unpaired) electrons. The molecule has 1 aliphatic rings. The van der Waals surface area contributed by atoms with Crippen LogP contribution in [0.15, 0.2) is 18.2 Å². The summed E-state index contributed by atoms with van der Waals surface area (Å²) in [6.07, 6.45) is 3.84. The SMILES string of the molecule is CCSC1CCCC1NCc1cccc(Cl)c1O. The van der Waals surface area contributed by atoms with Crippen LogP contribution in [0.25, 0.3) is 0 Å². The van der Waals surface area contributed by atoms with E-state index in [4.69, 9.17) is 11.6 Å². The number of benzene rings is 1. The molecule has 2 nitrogen and oxygen atoms in total. The lowest BCUT2D eigenvalue weighted by Gasteiger charge is -2.20. The second-order valence-electron chi connectivity index (χ2n) is 4.66. The molecule has 1 saturated carbocycles. The summed E-state index contributed by atoms with van der Waals surface area (Å²) in [4.78, 5) is 0. The molecular formula is C14H20ClNOS. The van der Waals surface area contributed by atoms with Gasteiger partial charge in [0, 0.05) is 23.4 Å². The van der Waals surface area contributed by atoms with Crippen molar-refractivity contribution in [3.63, 3.8) is 0 Å². The fraction of sp³-hybridized carbons (Fsp3) is 0.571. The highest BCUT2D eigenvalue weighted by molar-refractivity contribution is 7.99. The molecule has 1 aliphatic carbocycles. The first-order valence-electron chi connectivity index (χ1n) is 6.53. The van der Waals surface area contributed by atoms with Crippen molar-refractivity contribution in [2.45, 2.75) is 44.0 Å². The van der Waals surface area contributed by atoms with Crippen molar-refractivity contribution in [1.29, 1.82) is 0 Å². The number of hydrogen-bond donors (Lipinski definition) is 2. The molecule has 2 N–H and O–H groups in total. The van der Waals surface area contributed by atoms with Crippen LogP contribution in [0.1, 0.15) is 31.7 Å². The van der Waals surface area contributed by atoms with Crippen LogP contribution < -0.4 is 5.32 Å². The first-order valence-corrected chi connectivity index (χ1v) is 7.96. The molecule has 0 amide bonds. The molecule has 1 aromatic carbocycles. The number of phenolic OH excluding ortho intramolecular Hbond substituents is 1. The third-order valence-electron chi connectivity index (χ3n) is 3.46. The molecular weight excluding hydrogens is 266 g/mol. The lowest BCUT2D eigenvalue weighted by molar-refractivity contribution is 0.457. The zero-order valence-corrected chi connectivity index (χ0v) is 12.2. The van der Waals surface area contributed by atoms with E-state index in [1.165, 1.54) is 25.0 Å². The number of hydrogen-bond acceptors (Lipinski definition) is 3. The fourth-order valence-corrected chi connectivity index (χ4v) is 3.94. The molecule has 2 unspecified atom stereocenters. The van der Waals surface area contributed by atoms with E-state index in [1.54, 1.807) is 6.07 Å². The van der Waals surface area contributed by atoms with E-state index in [0.29, 0.717) is 17.6 Å². The summed E-state index contributed by atoms with van der Waals surface area (Å²) in [6, 6.07) is 6.08. The summed E-state index contributed by atoms with van der Waals surface area (Å²) in [5.41, 5.74) is 0.884. The van der Waals surface area contributed by atoms with Crippen LogP contribution in [0.5, 0.6) is 5.75 Å². The van der Waals surface area contributed by atoms with Crippen LogP contribution in [-0.4, -0.2) is 22.2 Å². The Balaban J connectivity index is 1.93. The predicted molar refractivity (Wildman–Crippen MR) is 79.5 cm³/mol. The number of rotatable bonds is 5. The minimum absolute atomic E-state index is 0.212. The second-order valence-corrected chi connectivity index (χ2v) is 6.58. The Hall–Kier alpha value is -0.380. The predicted octanol–water partition coefficient (Wildman–Crippen LogP) is 3.81. The third-order valence-corrected chi connectivity index (χ3v) is 5.09. The maximum atomic E-state index is 9.86. The van der Waals surface area contributed by atoms with E-state index in [2.05, 4.69) is 12.2 Å². The topological polar surface area (TPSA) is 32.3 Å². The van der Waals surface area contributed by atoms with Crippen molar-refractivity contribution in [2.75, 3.05) is 5.75 Å². The van der Waals surface area contributed by atoms with Gasteiger partial charge in [0.2, 0.25) is 0 Å². The zero-order chi connectivity index (χ0) is 13.0. The fourth-order valence-electron chi connectivity index (χ4n) is 2.52. The van der Waals surface area contributed by atoms with E-state index in [-0.39, 0.29) is 5.75 Å². The molecule has 2 atom stereocenters. The Kier molecular flexibility index (Phi) is 5.22. The number of aromatic hydroxyl groups is 1. The maximum Gasteiger partial charge on any atom is 0.138 e. The lowest BCUT2D eigenvalue weighted by atomic mass is 10.1. The van der Waals surface area contributed by atoms with E-state index < -0.39 is 0 Å². The average Bonchev–Trinajstić information content (AvgIpc) is 2.79. The van der Waals surface area contributed by atoms with E-state index in [9.17, 15) is 5.11 Å². The van der Waals surface area contributed by atoms with E-state index in [0.717, 1.165) is 10.8 Å². The van der Waals surface area contributed by atoms with Gasteiger partial charge in [0.25, 0.3) is 0 Å². The quantitative estimate of drug-likeness (QED) is 0.863. The Labute approximate surface area is 118 Å². The van der Waals surface area contributed by atoms with Gasteiger partial charge >= 0.3 is 0 Å². The minimum Gasteiger partial charge on any atom is -0.506 e. The Morgan fingerprint density at radius 1 is 1.44 bits per heavy atom. The van der Waals surface area contributed by atoms with Crippen LogP contribution in [0.3, 0.4) is 0 Å². The molecule has 0 saturated heterocycles. The molecule has 100 valence electrons. The normalized spacial score (nSPS) is 23.4. The van der Waals surface area contributed by atoms with E-state index >= 15 is 0 Å². The first kappa shape index (κ1) is 14.0. The summed E-state index contributed by atoms with van der Waals surface area (Å²) < 4.78 is 0. The van der Waals surface area contributed by atoms with Gasteiger partial charge in [0.05, 0.1) is 5.02 Å². The Morgan fingerprint density at radius 3 is 3.06 bits per heavy atom. The van der Waals surface area contributed by atoms with Crippen molar-refractivity contribution in [2.24, 2.45) is 0 Å². The van der Waals surface area contributed by atoms with Crippen molar-refractivity contribution < 1.29 is 5.11 Å². The first-order chi connectivity index (χ1) is 8.72. The molecule has 0 spiro atoms. The van der Waals surface area contributed by atoms with Gasteiger partial charge in [-0.25, -0.2) is 0 Å². The lowest BCUT2D eigenvalue weighted by Crippen LogP contribution is -2.33. The number of thioether (sulfide) groups is 1. The van der Waals surface area contributed by atoms with Gasteiger partial charge in [-0.05, 0) is 24.7 Å². The summed E-state index contributed by atoms with van der Waals surface area (Å²) in [5.74, 6) is 1.38. The standard InChI is InChI=1S/C14H20ClNOS/c1-2-18-13-8-4-7-12(13)16-9-10-5-3-6-11(15)14(10)17/h3,5-6,12-13,16-17H,2,4,7-9H2,1H3. The highest BCUT2D eigenvalue weighted by atomic mass is 35.5. The molecule has 1 aromatic rings. The van der Waals surface area contributed by atoms with Crippen molar-refractivity contribution in [1.82, 2.24) is 5.32 Å². The molecule has 0 heterocycles. The summed E-state index contributed by atoms with van der Waals surface area (Å²) in [6.45, 7) is 2.90. The summed E-state index contributed by atoms with van der Waals surface area (Å²) in [5, 5.41) is 14.6. The summed E-state index contributed by atoms with van der Waals surface area (Å²) in [7, 11) is 0.